The average molecular weight is 426 g/mol. The third-order valence-electron chi connectivity index (χ3n) is 3.89. The first-order chi connectivity index (χ1) is 12.7. The fraction of sp³-hybridized carbons (Fsp3) is 0.176. The van der Waals surface area contributed by atoms with Crippen LogP contribution in [-0.2, 0) is 9.84 Å². The zero-order valence-electron chi connectivity index (χ0n) is 14.4. The molecule has 0 bridgehead atoms. The van der Waals surface area contributed by atoms with Crippen LogP contribution in [0.1, 0.15) is 13.3 Å². The number of anilines is 2. The first-order valence-corrected chi connectivity index (χ1v) is 10.4. The molecule has 0 amide bonds. The van der Waals surface area contributed by atoms with Crippen molar-refractivity contribution in [1.82, 2.24) is 14.8 Å². The van der Waals surface area contributed by atoms with E-state index in [4.69, 9.17) is 34.7 Å². The molecule has 7 nitrogen and oxygen atoms in total. The van der Waals surface area contributed by atoms with Crippen LogP contribution < -0.4 is 11.5 Å². The van der Waals surface area contributed by atoms with Crippen LogP contribution in [0.25, 0.3) is 16.8 Å². The molecule has 3 aromatic rings. The predicted molar refractivity (Wildman–Crippen MR) is 108 cm³/mol. The second-order valence-corrected chi connectivity index (χ2v) is 8.79. The van der Waals surface area contributed by atoms with Crippen molar-refractivity contribution in [2.24, 2.45) is 0 Å². The van der Waals surface area contributed by atoms with Gasteiger partial charge in [0.2, 0.25) is 11.9 Å². The maximum absolute atomic E-state index is 12.2. The normalized spacial score (nSPS) is 11.7. The van der Waals surface area contributed by atoms with E-state index >= 15 is 0 Å². The van der Waals surface area contributed by atoms with Gasteiger partial charge in [-0.1, -0.05) is 42.3 Å². The fourth-order valence-electron chi connectivity index (χ4n) is 2.70. The van der Waals surface area contributed by atoms with Crippen molar-refractivity contribution in [3.05, 3.63) is 46.4 Å². The molecule has 2 aromatic carbocycles. The van der Waals surface area contributed by atoms with E-state index in [0.29, 0.717) is 33.3 Å². The van der Waals surface area contributed by atoms with Gasteiger partial charge < -0.3 is 11.5 Å². The molecular formula is C17H17Cl2N5O2S. The number of nitrogens with zero attached hydrogens (tertiary/aromatic N) is 3. The molecule has 0 atom stereocenters. The SMILES string of the molecule is CCCS(=O)(=O)c1ccc(-c2c(Cl)cc(-n3nc(N)nc3N)cc2Cl)cc1. The van der Waals surface area contributed by atoms with E-state index < -0.39 is 9.84 Å². The molecule has 0 saturated heterocycles. The Hall–Kier alpha value is -2.29. The van der Waals surface area contributed by atoms with Crippen LogP contribution >= 0.6 is 23.2 Å². The molecule has 142 valence electrons. The van der Waals surface area contributed by atoms with E-state index in [-0.39, 0.29) is 22.5 Å². The topological polar surface area (TPSA) is 117 Å². The van der Waals surface area contributed by atoms with Crippen LogP contribution in [0.4, 0.5) is 11.9 Å². The Morgan fingerprint density at radius 1 is 1.07 bits per heavy atom. The summed E-state index contributed by atoms with van der Waals surface area (Å²) in [5, 5.41) is 4.71. The minimum absolute atomic E-state index is 0.0349. The van der Waals surface area contributed by atoms with Crippen molar-refractivity contribution in [3.63, 3.8) is 0 Å². The number of aromatic nitrogens is 3. The molecule has 0 radical (unpaired) electrons. The summed E-state index contributed by atoms with van der Waals surface area (Å²) in [4.78, 5) is 4.11. The molecule has 1 heterocycles. The zero-order valence-corrected chi connectivity index (χ0v) is 16.7. The van der Waals surface area contributed by atoms with E-state index in [9.17, 15) is 8.42 Å². The largest absolute Gasteiger partial charge is 0.368 e. The highest BCUT2D eigenvalue weighted by Crippen LogP contribution is 2.37. The van der Waals surface area contributed by atoms with Crippen LogP contribution in [0.15, 0.2) is 41.3 Å². The van der Waals surface area contributed by atoms with E-state index in [2.05, 4.69) is 10.1 Å². The highest BCUT2D eigenvalue weighted by Gasteiger charge is 2.16. The maximum atomic E-state index is 12.2. The van der Waals surface area contributed by atoms with Crippen molar-refractivity contribution >= 4 is 44.9 Å². The number of hydrogen-bond acceptors (Lipinski definition) is 6. The maximum Gasteiger partial charge on any atom is 0.241 e. The van der Waals surface area contributed by atoms with Crippen LogP contribution in [0.5, 0.6) is 0 Å². The van der Waals surface area contributed by atoms with E-state index in [0.717, 1.165) is 0 Å². The molecule has 27 heavy (non-hydrogen) atoms. The summed E-state index contributed by atoms with van der Waals surface area (Å²) in [6, 6.07) is 9.73. The number of halogens is 2. The molecule has 3 rings (SSSR count). The second-order valence-electron chi connectivity index (χ2n) is 5.87. The standard InChI is InChI=1S/C17H17Cl2N5O2S/c1-2-7-27(25,26)12-5-3-10(4-6-12)15-13(18)8-11(9-14(15)19)24-17(21)22-16(20)23-24/h3-6,8-9H,2,7H2,1H3,(H4,20,21,22,23). The van der Waals surface area contributed by atoms with Gasteiger partial charge in [-0.25, -0.2) is 8.42 Å². The predicted octanol–water partition coefficient (Wildman–Crippen LogP) is 3.59. The van der Waals surface area contributed by atoms with Crippen LogP contribution in [-0.4, -0.2) is 28.9 Å². The van der Waals surface area contributed by atoms with Gasteiger partial charge in [-0.3, -0.25) is 0 Å². The molecule has 0 unspecified atom stereocenters. The lowest BCUT2D eigenvalue weighted by molar-refractivity contribution is 0.595. The number of rotatable bonds is 5. The van der Waals surface area contributed by atoms with Gasteiger partial charge in [0.05, 0.1) is 26.4 Å². The minimum atomic E-state index is -3.28. The minimum Gasteiger partial charge on any atom is -0.368 e. The summed E-state index contributed by atoms with van der Waals surface area (Å²) in [7, 11) is -3.28. The number of nitrogen functional groups attached to an aromatic ring is 2. The number of benzene rings is 2. The summed E-state index contributed by atoms with van der Waals surface area (Å²) in [5.41, 5.74) is 13.1. The highest BCUT2D eigenvalue weighted by molar-refractivity contribution is 7.91. The van der Waals surface area contributed by atoms with Gasteiger partial charge in [-0.05, 0) is 36.2 Å². The van der Waals surface area contributed by atoms with Gasteiger partial charge in [-0.15, -0.1) is 5.10 Å². The lowest BCUT2D eigenvalue weighted by atomic mass is 10.1. The lowest BCUT2D eigenvalue weighted by Crippen LogP contribution is -2.05. The summed E-state index contributed by atoms with van der Waals surface area (Å²) in [6.45, 7) is 1.82. The van der Waals surface area contributed by atoms with Crippen molar-refractivity contribution < 1.29 is 8.42 Å². The lowest BCUT2D eigenvalue weighted by Gasteiger charge is -2.11. The van der Waals surface area contributed by atoms with Crippen molar-refractivity contribution in [3.8, 4) is 16.8 Å². The first kappa shape index (κ1) is 19.5. The Labute approximate surface area is 166 Å². The third-order valence-corrected chi connectivity index (χ3v) is 6.43. The molecule has 0 aliphatic carbocycles. The molecule has 1 aromatic heterocycles. The molecular weight excluding hydrogens is 409 g/mol. The fourth-order valence-corrected chi connectivity index (χ4v) is 4.72. The summed E-state index contributed by atoms with van der Waals surface area (Å²) < 4.78 is 25.6. The number of sulfone groups is 1. The number of nitrogens with two attached hydrogens (primary N) is 2. The Morgan fingerprint density at radius 3 is 2.15 bits per heavy atom. The van der Waals surface area contributed by atoms with Crippen LogP contribution in [0.3, 0.4) is 0 Å². The van der Waals surface area contributed by atoms with Gasteiger partial charge in [0.25, 0.3) is 0 Å². The third kappa shape index (κ3) is 3.87. The summed E-state index contributed by atoms with van der Waals surface area (Å²) in [5.74, 6) is 0.246. The molecule has 0 saturated carbocycles. The van der Waals surface area contributed by atoms with Gasteiger partial charge in [0.1, 0.15) is 0 Å². The Balaban J connectivity index is 2.02. The Bertz CT molecular complexity index is 1070. The van der Waals surface area contributed by atoms with E-state index in [1.165, 1.54) is 4.68 Å². The van der Waals surface area contributed by atoms with Gasteiger partial charge >= 0.3 is 0 Å². The van der Waals surface area contributed by atoms with Gasteiger partial charge in [-0.2, -0.15) is 9.67 Å². The number of hydrogen-bond donors (Lipinski definition) is 2. The van der Waals surface area contributed by atoms with E-state index in [1.807, 2.05) is 6.92 Å². The Kier molecular flexibility index (Phi) is 5.32. The van der Waals surface area contributed by atoms with Crippen molar-refractivity contribution in [2.45, 2.75) is 18.2 Å². The monoisotopic (exact) mass is 425 g/mol. The van der Waals surface area contributed by atoms with Gasteiger partial charge in [0.15, 0.2) is 9.84 Å². The highest BCUT2D eigenvalue weighted by atomic mass is 35.5. The zero-order chi connectivity index (χ0) is 19.8. The summed E-state index contributed by atoms with van der Waals surface area (Å²) in [6.07, 6.45) is 0.555. The average Bonchev–Trinajstić information content (AvgIpc) is 2.93. The molecule has 4 N–H and O–H groups in total. The first-order valence-electron chi connectivity index (χ1n) is 8.03. The molecule has 0 fully saturated rings. The molecule has 0 aliphatic heterocycles. The van der Waals surface area contributed by atoms with Gasteiger partial charge in [0, 0.05) is 5.56 Å². The van der Waals surface area contributed by atoms with Crippen molar-refractivity contribution in [1.29, 1.82) is 0 Å². The Morgan fingerprint density at radius 2 is 1.67 bits per heavy atom. The second kappa shape index (κ2) is 7.38. The van der Waals surface area contributed by atoms with Crippen molar-refractivity contribution in [2.75, 3.05) is 17.2 Å². The quantitative estimate of drug-likeness (QED) is 0.644. The van der Waals surface area contributed by atoms with E-state index in [1.54, 1.807) is 36.4 Å². The van der Waals surface area contributed by atoms with Crippen LogP contribution in [0.2, 0.25) is 10.0 Å². The molecule has 10 heteroatoms. The van der Waals surface area contributed by atoms with Crippen LogP contribution in [0, 0.1) is 0 Å². The summed E-state index contributed by atoms with van der Waals surface area (Å²) >= 11 is 12.8. The molecule has 0 spiro atoms. The molecule has 0 aliphatic rings. The smallest absolute Gasteiger partial charge is 0.241 e.